The van der Waals surface area contributed by atoms with Crippen LogP contribution in [0.1, 0.15) is 16.1 Å². The van der Waals surface area contributed by atoms with Crippen LogP contribution >= 0.6 is 11.6 Å². The Bertz CT molecular complexity index is 653. The number of benzene rings is 1. The summed E-state index contributed by atoms with van der Waals surface area (Å²) in [6.45, 7) is 0.0892. The van der Waals surface area contributed by atoms with E-state index < -0.39 is 18.6 Å². The second-order valence-electron chi connectivity index (χ2n) is 4.30. The van der Waals surface area contributed by atoms with Crippen LogP contribution in [-0.2, 0) is 0 Å². The van der Waals surface area contributed by atoms with Gasteiger partial charge in [-0.2, -0.15) is 18.3 Å². The Labute approximate surface area is 123 Å². The van der Waals surface area contributed by atoms with Gasteiger partial charge in [0.1, 0.15) is 11.7 Å². The number of aryl methyl sites for hydroxylation is 1. The van der Waals surface area contributed by atoms with E-state index in [0.29, 0.717) is 5.69 Å². The Balaban J connectivity index is 2.30. The lowest BCUT2D eigenvalue weighted by atomic mass is 10.2. The van der Waals surface area contributed by atoms with Crippen LogP contribution in [0, 0.1) is 6.92 Å². The van der Waals surface area contributed by atoms with Crippen LogP contribution in [0.5, 0.6) is 0 Å². The molecular formula is C13H11ClF3N3O. The molecule has 2 aromatic rings. The molecule has 0 spiro atoms. The number of alkyl halides is 3. The normalized spacial score (nSPS) is 11.5. The number of amides is 1. The Hall–Kier alpha value is -2.02. The molecule has 8 heteroatoms. The van der Waals surface area contributed by atoms with Crippen LogP contribution in [0.4, 0.5) is 13.2 Å². The number of hydrogen-bond donors (Lipinski definition) is 1. The Morgan fingerprint density at radius 2 is 1.95 bits per heavy atom. The van der Waals surface area contributed by atoms with Crippen LogP contribution in [0.3, 0.4) is 0 Å². The number of aromatic nitrogens is 2. The predicted molar refractivity (Wildman–Crippen MR) is 71.7 cm³/mol. The molecule has 0 atom stereocenters. The van der Waals surface area contributed by atoms with Gasteiger partial charge in [-0.25, -0.2) is 4.68 Å². The molecule has 2 rings (SSSR count). The molecule has 0 aliphatic rings. The third-order valence-corrected chi connectivity index (χ3v) is 3.03. The molecule has 0 aliphatic heterocycles. The number of carbonyl (C=O) groups is 1. The first-order valence-electron chi connectivity index (χ1n) is 5.95. The van der Waals surface area contributed by atoms with Crippen molar-refractivity contribution in [3.05, 3.63) is 46.7 Å². The molecule has 1 heterocycles. The summed E-state index contributed by atoms with van der Waals surface area (Å²) in [5.41, 5.74) is 0.800. The van der Waals surface area contributed by atoms with E-state index in [2.05, 4.69) is 5.10 Å². The summed E-state index contributed by atoms with van der Waals surface area (Å²) in [7, 11) is 0. The fourth-order valence-electron chi connectivity index (χ4n) is 1.77. The summed E-state index contributed by atoms with van der Waals surface area (Å²) in [6.07, 6.45) is -4.48. The van der Waals surface area contributed by atoms with Gasteiger partial charge in [-0.1, -0.05) is 29.8 Å². The number of carbonyl (C=O) groups excluding carboxylic acids is 1. The summed E-state index contributed by atoms with van der Waals surface area (Å²) >= 11 is 6.07. The fourth-order valence-corrected chi connectivity index (χ4v) is 2.12. The lowest BCUT2D eigenvalue weighted by molar-refractivity contribution is -0.123. The SMILES string of the molecule is Cc1nn(-c2ccccc2)c(Cl)c1C(=O)NCC(F)(F)F. The van der Waals surface area contributed by atoms with Crippen molar-refractivity contribution in [2.45, 2.75) is 13.1 Å². The largest absolute Gasteiger partial charge is 0.405 e. The van der Waals surface area contributed by atoms with Gasteiger partial charge in [0, 0.05) is 0 Å². The quantitative estimate of drug-likeness (QED) is 0.945. The van der Waals surface area contributed by atoms with Crippen molar-refractivity contribution in [2.75, 3.05) is 6.54 Å². The average Bonchev–Trinajstić information content (AvgIpc) is 2.72. The number of para-hydroxylation sites is 1. The van der Waals surface area contributed by atoms with Gasteiger partial charge in [-0.3, -0.25) is 4.79 Å². The topological polar surface area (TPSA) is 46.9 Å². The molecule has 0 saturated carbocycles. The Kier molecular flexibility index (Phi) is 4.22. The fraction of sp³-hybridized carbons (Fsp3) is 0.231. The van der Waals surface area contributed by atoms with Crippen molar-refractivity contribution in [1.29, 1.82) is 0 Å². The van der Waals surface area contributed by atoms with E-state index in [0.717, 1.165) is 0 Å². The molecule has 0 saturated heterocycles. The summed E-state index contributed by atoms with van der Waals surface area (Å²) < 4.78 is 37.7. The lowest BCUT2D eigenvalue weighted by Gasteiger charge is -2.08. The summed E-state index contributed by atoms with van der Waals surface area (Å²) in [4.78, 5) is 11.8. The van der Waals surface area contributed by atoms with E-state index in [9.17, 15) is 18.0 Å². The van der Waals surface area contributed by atoms with E-state index in [-0.39, 0.29) is 16.4 Å². The Morgan fingerprint density at radius 3 is 2.52 bits per heavy atom. The zero-order chi connectivity index (χ0) is 15.6. The van der Waals surface area contributed by atoms with E-state index in [1.807, 2.05) is 0 Å². The van der Waals surface area contributed by atoms with Gasteiger partial charge in [0.25, 0.3) is 5.91 Å². The van der Waals surface area contributed by atoms with E-state index in [1.165, 1.54) is 11.6 Å². The average molecular weight is 318 g/mol. The maximum Gasteiger partial charge on any atom is 0.405 e. The monoisotopic (exact) mass is 317 g/mol. The zero-order valence-electron chi connectivity index (χ0n) is 10.9. The third-order valence-electron chi connectivity index (χ3n) is 2.68. The standard InChI is InChI=1S/C13H11ClF3N3O/c1-8-10(12(21)18-7-13(15,16)17)11(14)20(19-8)9-5-3-2-4-6-9/h2-6H,7H2,1H3,(H,18,21). The molecule has 112 valence electrons. The minimum Gasteiger partial charge on any atom is -0.343 e. The van der Waals surface area contributed by atoms with Gasteiger partial charge in [-0.15, -0.1) is 0 Å². The van der Waals surface area contributed by atoms with Gasteiger partial charge in [0.05, 0.1) is 16.9 Å². The molecule has 1 aromatic heterocycles. The molecule has 0 bridgehead atoms. The second kappa shape index (κ2) is 5.77. The third kappa shape index (κ3) is 3.55. The van der Waals surface area contributed by atoms with Crippen LogP contribution in [0.25, 0.3) is 5.69 Å². The van der Waals surface area contributed by atoms with E-state index >= 15 is 0 Å². The highest BCUT2D eigenvalue weighted by Gasteiger charge is 2.29. The van der Waals surface area contributed by atoms with Crippen LogP contribution < -0.4 is 5.32 Å². The Morgan fingerprint density at radius 1 is 1.33 bits per heavy atom. The van der Waals surface area contributed by atoms with Crippen molar-refractivity contribution >= 4 is 17.5 Å². The molecule has 1 amide bonds. The molecule has 21 heavy (non-hydrogen) atoms. The van der Waals surface area contributed by atoms with Gasteiger partial charge < -0.3 is 5.32 Å². The summed E-state index contributed by atoms with van der Waals surface area (Å²) in [5, 5.41) is 5.84. The molecule has 0 fully saturated rings. The van der Waals surface area contributed by atoms with E-state index in [4.69, 9.17) is 11.6 Å². The zero-order valence-corrected chi connectivity index (χ0v) is 11.7. The highest BCUT2D eigenvalue weighted by Crippen LogP contribution is 2.23. The first-order valence-corrected chi connectivity index (χ1v) is 6.33. The molecule has 1 aromatic carbocycles. The van der Waals surface area contributed by atoms with Gasteiger partial charge in [0.15, 0.2) is 0 Å². The van der Waals surface area contributed by atoms with Gasteiger partial charge in [0.2, 0.25) is 0 Å². The van der Waals surface area contributed by atoms with Crippen molar-refractivity contribution in [3.8, 4) is 5.69 Å². The molecule has 0 aliphatic carbocycles. The van der Waals surface area contributed by atoms with Crippen LogP contribution in [0.2, 0.25) is 5.15 Å². The smallest absolute Gasteiger partial charge is 0.343 e. The molecule has 0 unspecified atom stereocenters. The maximum absolute atomic E-state index is 12.1. The summed E-state index contributed by atoms with van der Waals surface area (Å²) in [5.74, 6) is -0.906. The van der Waals surface area contributed by atoms with Crippen LogP contribution in [-0.4, -0.2) is 28.4 Å². The first kappa shape index (κ1) is 15.4. The molecular weight excluding hydrogens is 307 g/mol. The highest BCUT2D eigenvalue weighted by molar-refractivity contribution is 6.33. The van der Waals surface area contributed by atoms with Gasteiger partial charge >= 0.3 is 6.18 Å². The van der Waals surface area contributed by atoms with Crippen molar-refractivity contribution < 1.29 is 18.0 Å². The minimum atomic E-state index is -4.48. The van der Waals surface area contributed by atoms with Crippen molar-refractivity contribution in [2.24, 2.45) is 0 Å². The molecule has 1 N–H and O–H groups in total. The first-order chi connectivity index (χ1) is 9.79. The maximum atomic E-state index is 12.1. The van der Waals surface area contributed by atoms with Gasteiger partial charge in [-0.05, 0) is 19.1 Å². The number of halogens is 4. The minimum absolute atomic E-state index is 0.0293. The second-order valence-corrected chi connectivity index (χ2v) is 4.65. The molecule has 0 radical (unpaired) electrons. The van der Waals surface area contributed by atoms with E-state index in [1.54, 1.807) is 35.6 Å². The number of nitrogens with zero attached hydrogens (tertiary/aromatic N) is 2. The number of nitrogens with one attached hydrogen (secondary N) is 1. The van der Waals surface area contributed by atoms with Crippen LogP contribution in [0.15, 0.2) is 30.3 Å². The van der Waals surface area contributed by atoms with Crippen molar-refractivity contribution in [1.82, 2.24) is 15.1 Å². The predicted octanol–water partition coefficient (Wildman–Crippen LogP) is 3.13. The number of hydrogen-bond acceptors (Lipinski definition) is 2. The van der Waals surface area contributed by atoms with Crippen molar-refractivity contribution in [3.63, 3.8) is 0 Å². The summed E-state index contributed by atoms with van der Waals surface area (Å²) in [6, 6.07) is 8.74. The highest BCUT2D eigenvalue weighted by atomic mass is 35.5. The number of rotatable bonds is 3. The lowest BCUT2D eigenvalue weighted by Crippen LogP contribution is -2.34. The molecule has 4 nitrogen and oxygen atoms in total.